The summed E-state index contributed by atoms with van der Waals surface area (Å²) in [6, 6.07) is 7.77. The zero-order valence-electron chi connectivity index (χ0n) is 10.5. The van der Waals surface area contributed by atoms with E-state index < -0.39 is 24.1 Å². The molecule has 0 bridgehead atoms. The molecule has 1 atom stereocenters. The minimum atomic E-state index is -0.739. The molecule has 1 saturated heterocycles. The Morgan fingerprint density at radius 2 is 2.00 bits per heavy atom. The molecule has 1 aliphatic heterocycles. The molecule has 1 aliphatic rings. The summed E-state index contributed by atoms with van der Waals surface area (Å²) in [6.45, 7) is 0.123. The molecular weight excluding hydrogens is 266 g/mol. The maximum atomic E-state index is 11.5. The first-order valence-electron chi connectivity index (χ1n) is 6.08. The Labute approximate surface area is 114 Å². The average Bonchev–Trinajstić information content (AvgIpc) is 2.77. The van der Waals surface area contributed by atoms with E-state index in [1.165, 1.54) is 0 Å². The van der Waals surface area contributed by atoms with Gasteiger partial charge in [-0.3, -0.25) is 4.89 Å². The molecule has 1 aromatic rings. The van der Waals surface area contributed by atoms with Gasteiger partial charge in [-0.1, -0.05) is 18.2 Å². The number of rotatable bonds is 6. The highest BCUT2D eigenvalue weighted by molar-refractivity contribution is 5.95. The van der Waals surface area contributed by atoms with E-state index in [0.717, 1.165) is 0 Å². The Morgan fingerprint density at radius 3 is 2.65 bits per heavy atom. The van der Waals surface area contributed by atoms with Crippen molar-refractivity contribution >= 4 is 18.0 Å². The maximum Gasteiger partial charge on any atom is 0.415 e. The highest BCUT2D eigenvalue weighted by Crippen LogP contribution is 2.07. The number of hydrogen-bond acceptors (Lipinski definition) is 6. The van der Waals surface area contributed by atoms with Crippen LogP contribution in [0.25, 0.3) is 0 Å². The highest BCUT2D eigenvalue weighted by Gasteiger charge is 2.31. The van der Waals surface area contributed by atoms with Gasteiger partial charge in [0.25, 0.3) is 0 Å². The van der Waals surface area contributed by atoms with E-state index in [1.54, 1.807) is 30.3 Å². The molecule has 7 heteroatoms. The average molecular weight is 279 g/mol. The lowest BCUT2D eigenvalue weighted by Crippen LogP contribution is -2.28. The van der Waals surface area contributed by atoms with Crippen molar-refractivity contribution in [3.8, 4) is 0 Å². The minimum absolute atomic E-state index is 0.123. The molecule has 20 heavy (non-hydrogen) atoms. The number of ether oxygens (including phenoxy) is 1. The van der Waals surface area contributed by atoms with Crippen molar-refractivity contribution in [3.63, 3.8) is 0 Å². The third-order valence-corrected chi connectivity index (χ3v) is 2.63. The van der Waals surface area contributed by atoms with Gasteiger partial charge in [0.05, 0.1) is 12.2 Å². The number of amides is 1. The first-order valence-corrected chi connectivity index (χ1v) is 6.08. The third kappa shape index (κ3) is 3.79. The molecule has 2 rings (SSSR count). The van der Waals surface area contributed by atoms with Gasteiger partial charge in [0.1, 0.15) is 6.04 Å². The van der Waals surface area contributed by atoms with Gasteiger partial charge < -0.3 is 10.1 Å². The number of hydrogen-bond donors (Lipinski definition) is 1. The van der Waals surface area contributed by atoms with Crippen LogP contribution in [0.2, 0.25) is 0 Å². The van der Waals surface area contributed by atoms with Gasteiger partial charge in [0, 0.05) is 0 Å². The number of alkyl carbamates (subject to hydrolysis) is 1. The van der Waals surface area contributed by atoms with Gasteiger partial charge in [-0.25, -0.2) is 14.4 Å². The molecule has 1 aromatic carbocycles. The topological polar surface area (TPSA) is 90.9 Å². The molecule has 0 aliphatic carbocycles. The molecule has 1 amide bonds. The summed E-state index contributed by atoms with van der Waals surface area (Å²) in [5, 5.41) is 2.36. The molecule has 0 aromatic heterocycles. The van der Waals surface area contributed by atoms with Crippen molar-refractivity contribution < 1.29 is 28.9 Å². The van der Waals surface area contributed by atoms with Crippen LogP contribution in [0.4, 0.5) is 4.79 Å². The van der Waals surface area contributed by atoms with Crippen LogP contribution < -0.4 is 5.32 Å². The fraction of sp³-hybridized carbons (Fsp3) is 0.308. The summed E-state index contributed by atoms with van der Waals surface area (Å²) in [5.74, 6) is -1.18. The molecule has 7 nitrogen and oxygen atoms in total. The number of esters is 1. The van der Waals surface area contributed by atoms with Crippen LogP contribution in [-0.2, 0) is 19.3 Å². The Morgan fingerprint density at radius 1 is 1.25 bits per heavy atom. The standard InChI is InChI=1S/C13H13NO6/c15-11(9-5-2-1-3-6-9)20-18-8-4-7-10-12(16)19-13(17)14-10/h1-3,5-6,10H,4,7-8H2,(H,14,17). The van der Waals surface area contributed by atoms with Crippen LogP contribution in [0.3, 0.4) is 0 Å². The van der Waals surface area contributed by atoms with Crippen LogP contribution in [0, 0.1) is 0 Å². The van der Waals surface area contributed by atoms with E-state index in [-0.39, 0.29) is 6.61 Å². The van der Waals surface area contributed by atoms with Gasteiger partial charge in [-0.15, -0.1) is 0 Å². The first kappa shape index (κ1) is 14.0. The maximum absolute atomic E-state index is 11.5. The summed E-state index contributed by atoms with van der Waals surface area (Å²) in [5.41, 5.74) is 0.388. The van der Waals surface area contributed by atoms with Crippen LogP contribution in [0.15, 0.2) is 30.3 Å². The van der Waals surface area contributed by atoms with E-state index in [1.807, 2.05) is 0 Å². The lowest BCUT2D eigenvalue weighted by Gasteiger charge is -2.05. The second-order valence-corrected chi connectivity index (χ2v) is 4.11. The molecule has 1 fully saturated rings. The Hall–Kier alpha value is -2.41. The van der Waals surface area contributed by atoms with Crippen LogP contribution in [0.5, 0.6) is 0 Å². The van der Waals surface area contributed by atoms with Gasteiger partial charge in [0.2, 0.25) is 0 Å². The summed E-state index contributed by atoms with van der Waals surface area (Å²) in [4.78, 5) is 42.7. The van der Waals surface area contributed by atoms with E-state index in [9.17, 15) is 14.4 Å². The number of benzene rings is 1. The minimum Gasteiger partial charge on any atom is -0.375 e. The number of carbonyl (C=O) groups excluding carboxylic acids is 3. The van der Waals surface area contributed by atoms with Crippen molar-refractivity contribution in [2.75, 3.05) is 6.61 Å². The van der Waals surface area contributed by atoms with Crippen LogP contribution in [0.1, 0.15) is 23.2 Å². The second-order valence-electron chi connectivity index (χ2n) is 4.11. The van der Waals surface area contributed by atoms with E-state index in [2.05, 4.69) is 14.9 Å². The van der Waals surface area contributed by atoms with Gasteiger partial charge >= 0.3 is 18.0 Å². The number of cyclic esters (lactones) is 2. The molecule has 106 valence electrons. The van der Waals surface area contributed by atoms with E-state index in [0.29, 0.717) is 18.4 Å². The molecule has 1 heterocycles. The van der Waals surface area contributed by atoms with E-state index >= 15 is 0 Å². The number of carbonyl (C=O) groups is 3. The molecule has 0 radical (unpaired) electrons. The van der Waals surface area contributed by atoms with Crippen molar-refractivity contribution in [1.29, 1.82) is 0 Å². The molecule has 1 N–H and O–H groups in total. The lowest BCUT2D eigenvalue weighted by atomic mass is 10.2. The summed E-state index contributed by atoms with van der Waals surface area (Å²) >= 11 is 0. The highest BCUT2D eigenvalue weighted by atomic mass is 17.2. The zero-order valence-corrected chi connectivity index (χ0v) is 10.5. The fourth-order valence-electron chi connectivity index (χ4n) is 1.65. The van der Waals surface area contributed by atoms with Crippen LogP contribution >= 0.6 is 0 Å². The van der Waals surface area contributed by atoms with Crippen molar-refractivity contribution in [2.45, 2.75) is 18.9 Å². The van der Waals surface area contributed by atoms with Crippen molar-refractivity contribution in [2.24, 2.45) is 0 Å². The zero-order chi connectivity index (χ0) is 14.4. The summed E-state index contributed by atoms with van der Waals surface area (Å²) < 4.78 is 4.31. The lowest BCUT2D eigenvalue weighted by molar-refractivity contribution is -0.241. The molecule has 0 spiro atoms. The monoisotopic (exact) mass is 279 g/mol. The Bertz CT molecular complexity index is 501. The van der Waals surface area contributed by atoms with Gasteiger partial charge in [-0.05, 0) is 25.0 Å². The quantitative estimate of drug-likeness (QED) is 0.276. The Kier molecular flexibility index (Phi) is 4.67. The molecule has 0 saturated carbocycles. The number of nitrogens with one attached hydrogen (secondary N) is 1. The predicted octanol–water partition coefficient (Wildman–Crippen LogP) is 1.19. The SMILES string of the molecule is O=C1NC(CCCOOC(=O)c2ccccc2)C(=O)O1. The Balaban J connectivity index is 1.61. The third-order valence-electron chi connectivity index (χ3n) is 2.63. The van der Waals surface area contributed by atoms with Gasteiger partial charge in [-0.2, -0.15) is 4.89 Å². The van der Waals surface area contributed by atoms with E-state index in [4.69, 9.17) is 4.89 Å². The largest absolute Gasteiger partial charge is 0.415 e. The summed E-state index contributed by atoms with van der Waals surface area (Å²) in [6.07, 6.45) is 0.0479. The smallest absolute Gasteiger partial charge is 0.375 e. The second kappa shape index (κ2) is 6.67. The summed E-state index contributed by atoms with van der Waals surface area (Å²) in [7, 11) is 0. The first-order chi connectivity index (χ1) is 9.66. The predicted molar refractivity (Wildman–Crippen MR) is 65.5 cm³/mol. The molecule has 1 unspecified atom stereocenters. The normalized spacial score (nSPS) is 17.5. The van der Waals surface area contributed by atoms with Crippen molar-refractivity contribution in [1.82, 2.24) is 5.32 Å². The fourth-order valence-corrected chi connectivity index (χ4v) is 1.65. The van der Waals surface area contributed by atoms with Gasteiger partial charge in [0.15, 0.2) is 0 Å². The molecular formula is C13H13NO6. The van der Waals surface area contributed by atoms with Crippen LogP contribution in [-0.4, -0.2) is 30.7 Å². The van der Waals surface area contributed by atoms with Crippen molar-refractivity contribution in [3.05, 3.63) is 35.9 Å².